The highest BCUT2D eigenvalue weighted by Gasteiger charge is 2.30. The lowest BCUT2D eigenvalue weighted by Gasteiger charge is -2.35. The van der Waals surface area contributed by atoms with Crippen molar-refractivity contribution < 1.29 is 19.4 Å². The number of amides is 1. The highest BCUT2D eigenvalue weighted by molar-refractivity contribution is 5.79. The fraction of sp³-hybridized carbons (Fsp3) is 0.846. The van der Waals surface area contributed by atoms with Gasteiger partial charge in [0, 0.05) is 19.0 Å². The Morgan fingerprint density at radius 3 is 2.61 bits per heavy atom. The molecule has 1 saturated heterocycles. The zero-order valence-electron chi connectivity index (χ0n) is 10.6. The van der Waals surface area contributed by atoms with E-state index in [2.05, 4.69) is 0 Å². The van der Waals surface area contributed by atoms with E-state index in [1.165, 1.54) is 6.42 Å². The number of ether oxygens (including phenoxy) is 1. The Morgan fingerprint density at radius 2 is 1.94 bits per heavy atom. The molecule has 5 nitrogen and oxygen atoms in total. The minimum atomic E-state index is -0.869. The summed E-state index contributed by atoms with van der Waals surface area (Å²) in [7, 11) is 0. The summed E-state index contributed by atoms with van der Waals surface area (Å²) < 4.78 is 5.38. The molecule has 1 amide bonds. The van der Waals surface area contributed by atoms with Crippen LogP contribution in [0.25, 0.3) is 0 Å². The van der Waals surface area contributed by atoms with Crippen molar-refractivity contribution in [3.63, 3.8) is 0 Å². The average Bonchev–Trinajstić information content (AvgIpc) is 2.38. The quantitative estimate of drug-likeness (QED) is 0.824. The van der Waals surface area contributed by atoms with Gasteiger partial charge in [-0.1, -0.05) is 19.3 Å². The number of carbonyl (C=O) groups is 2. The normalized spacial score (nSPS) is 26.0. The van der Waals surface area contributed by atoms with E-state index >= 15 is 0 Å². The average molecular weight is 255 g/mol. The summed E-state index contributed by atoms with van der Waals surface area (Å²) >= 11 is 0. The Kier molecular flexibility index (Phi) is 4.58. The van der Waals surface area contributed by atoms with Crippen molar-refractivity contribution in [3.8, 4) is 0 Å². The predicted molar refractivity (Wildman–Crippen MR) is 65.1 cm³/mol. The number of rotatable bonds is 3. The minimum Gasteiger partial charge on any atom is -0.481 e. The largest absolute Gasteiger partial charge is 0.481 e. The van der Waals surface area contributed by atoms with Gasteiger partial charge in [-0.25, -0.2) is 0 Å². The SMILES string of the molecule is O=C(O)CC1CN(C(=O)C2CCCCC2)CCO1. The Labute approximate surface area is 107 Å². The highest BCUT2D eigenvalue weighted by Crippen LogP contribution is 2.26. The number of nitrogens with zero attached hydrogens (tertiary/aromatic N) is 1. The van der Waals surface area contributed by atoms with Gasteiger partial charge in [0.05, 0.1) is 19.1 Å². The second kappa shape index (κ2) is 6.18. The number of morpholine rings is 1. The van der Waals surface area contributed by atoms with Crippen molar-refractivity contribution in [2.45, 2.75) is 44.6 Å². The molecular formula is C13H21NO4. The zero-order chi connectivity index (χ0) is 13.0. The number of carboxylic acids is 1. The molecule has 2 rings (SSSR count). The molecule has 0 bridgehead atoms. The summed E-state index contributed by atoms with van der Waals surface area (Å²) in [6.45, 7) is 1.49. The van der Waals surface area contributed by atoms with Gasteiger partial charge in [0.15, 0.2) is 0 Å². The van der Waals surface area contributed by atoms with Crippen molar-refractivity contribution >= 4 is 11.9 Å². The maximum absolute atomic E-state index is 12.3. The van der Waals surface area contributed by atoms with Gasteiger partial charge in [0.2, 0.25) is 5.91 Å². The number of aliphatic carboxylic acids is 1. The maximum atomic E-state index is 12.3. The predicted octanol–water partition coefficient (Wildman–Crippen LogP) is 1.27. The molecule has 1 N–H and O–H groups in total. The Balaban J connectivity index is 1.87. The maximum Gasteiger partial charge on any atom is 0.306 e. The van der Waals surface area contributed by atoms with Gasteiger partial charge in [-0.05, 0) is 12.8 Å². The van der Waals surface area contributed by atoms with Gasteiger partial charge in [0.25, 0.3) is 0 Å². The summed E-state index contributed by atoms with van der Waals surface area (Å²) in [5.41, 5.74) is 0. The van der Waals surface area contributed by atoms with E-state index in [-0.39, 0.29) is 24.3 Å². The van der Waals surface area contributed by atoms with Crippen LogP contribution in [0, 0.1) is 5.92 Å². The first-order valence-electron chi connectivity index (χ1n) is 6.79. The fourth-order valence-corrected chi connectivity index (χ4v) is 2.85. The third kappa shape index (κ3) is 3.45. The molecule has 0 aromatic heterocycles. The van der Waals surface area contributed by atoms with Crippen LogP contribution in [-0.4, -0.2) is 47.7 Å². The van der Waals surface area contributed by atoms with Crippen molar-refractivity contribution in [1.29, 1.82) is 0 Å². The molecule has 2 aliphatic rings. The van der Waals surface area contributed by atoms with E-state index in [1.807, 2.05) is 0 Å². The van der Waals surface area contributed by atoms with E-state index in [0.29, 0.717) is 19.7 Å². The minimum absolute atomic E-state index is 0.0194. The molecule has 18 heavy (non-hydrogen) atoms. The molecule has 5 heteroatoms. The molecule has 0 spiro atoms. The summed E-state index contributed by atoms with van der Waals surface area (Å²) in [4.78, 5) is 24.8. The molecule has 2 fully saturated rings. The molecule has 1 saturated carbocycles. The lowest BCUT2D eigenvalue weighted by molar-refractivity contribution is -0.150. The van der Waals surface area contributed by atoms with E-state index in [1.54, 1.807) is 4.90 Å². The molecular weight excluding hydrogens is 234 g/mol. The third-order valence-electron chi connectivity index (χ3n) is 3.81. The van der Waals surface area contributed by atoms with Crippen molar-refractivity contribution in [3.05, 3.63) is 0 Å². The van der Waals surface area contributed by atoms with E-state index < -0.39 is 5.97 Å². The first-order valence-corrected chi connectivity index (χ1v) is 6.79. The van der Waals surface area contributed by atoms with Crippen molar-refractivity contribution in [2.24, 2.45) is 5.92 Å². The number of carboxylic acid groups (broad SMARTS) is 1. The fourth-order valence-electron chi connectivity index (χ4n) is 2.85. The summed E-state index contributed by atoms with van der Waals surface area (Å²) in [5.74, 6) is -0.511. The van der Waals surface area contributed by atoms with Crippen LogP contribution in [0.4, 0.5) is 0 Å². The van der Waals surface area contributed by atoms with Gasteiger partial charge in [-0.2, -0.15) is 0 Å². The van der Waals surface area contributed by atoms with E-state index in [9.17, 15) is 9.59 Å². The highest BCUT2D eigenvalue weighted by atomic mass is 16.5. The molecule has 1 unspecified atom stereocenters. The van der Waals surface area contributed by atoms with Crippen LogP contribution in [0.15, 0.2) is 0 Å². The lowest BCUT2D eigenvalue weighted by Crippen LogP contribution is -2.48. The molecule has 1 aliphatic carbocycles. The van der Waals surface area contributed by atoms with Crippen LogP contribution in [0.5, 0.6) is 0 Å². The summed E-state index contributed by atoms with van der Waals surface area (Å²) in [6.07, 6.45) is 5.12. The summed E-state index contributed by atoms with van der Waals surface area (Å²) in [6, 6.07) is 0. The number of hydrogen-bond donors (Lipinski definition) is 1. The summed E-state index contributed by atoms with van der Waals surface area (Å²) in [5, 5.41) is 8.76. The molecule has 1 atom stereocenters. The first kappa shape index (κ1) is 13.3. The van der Waals surface area contributed by atoms with Crippen LogP contribution < -0.4 is 0 Å². The van der Waals surface area contributed by atoms with E-state index in [4.69, 9.17) is 9.84 Å². The molecule has 1 aliphatic heterocycles. The molecule has 0 radical (unpaired) electrons. The van der Waals surface area contributed by atoms with Crippen LogP contribution in [0.2, 0.25) is 0 Å². The molecule has 0 aromatic carbocycles. The third-order valence-corrected chi connectivity index (χ3v) is 3.81. The smallest absolute Gasteiger partial charge is 0.306 e. The lowest BCUT2D eigenvalue weighted by atomic mass is 9.88. The van der Waals surface area contributed by atoms with Crippen LogP contribution in [0.1, 0.15) is 38.5 Å². The second-order valence-corrected chi connectivity index (χ2v) is 5.21. The topological polar surface area (TPSA) is 66.8 Å². The zero-order valence-corrected chi connectivity index (χ0v) is 10.6. The Morgan fingerprint density at radius 1 is 1.22 bits per heavy atom. The van der Waals surface area contributed by atoms with Gasteiger partial charge in [0.1, 0.15) is 0 Å². The van der Waals surface area contributed by atoms with Crippen LogP contribution >= 0.6 is 0 Å². The molecule has 1 heterocycles. The number of hydrogen-bond acceptors (Lipinski definition) is 3. The van der Waals surface area contributed by atoms with Crippen LogP contribution in [-0.2, 0) is 14.3 Å². The Hall–Kier alpha value is -1.10. The van der Waals surface area contributed by atoms with Crippen LogP contribution in [0.3, 0.4) is 0 Å². The molecule has 0 aromatic rings. The molecule has 102 valence electrons. The first-order chi connectivity index (χ1) is 8.66. The van der Waals surface area contributed by atoms with Gasteiger partial charge < -0.3 is 14.7 Å². The van der Waals surface area contributed by atoms with Crippen molar-refractivity contribution in [1.82, 2.24) is 4.90 Å². The van der Waals surface area contributed by atoms with E-state index in [0.717, 1.165) is 25.7 Å². The Bertz CT molecular complexity index is 312. The standard InChI is InChI=1S/C13H21NO4/c15-12(16)8-11-9-14(6-7-18-11)13(17)10-4-2-1-3-5-10/h10-11H,1-9H2,(H,15,16). The monoisotopic (exact) mass is 255 g/mol. The second-order valence-electron chi connectivity index (χ2n) is 5.21. The van der Waals surface area contributed by atoms with Gasteiger partial charge in [-0.3, -0.25) is 9.59 Å². The van der Waals surface area contributed by atoms with Gasteiger partial charge >= 0.3 is 5.97 Å². The number of carbonyl (C=O) groups excluding carboxylic acids is 1. The van der Waals surface area contributed by atoms with Crippen molar-refractivity contribution in [2.75, 3.05) is 19.7 Å². The van der Waals surface area contributed by atoms with Gasteiger partial charge in [-0.15, -0.1) is 0 Å².